The molecule has 1 aromatic rings. The van der Waals surface area contributed by atoms with E-state index in [1.807, 2.05) is 0 Å². The van der Waals surface area contributed by atoms with Crippen molar-refractivity contribution in [2.24, 2.45) is 0 Å². The summed E-state index contributed by atoms with van der Waals surface area (Å²) in [4.78, 5) is 11.3. The van der Waals surface area contributed by atoms with Gasteiger partial charge in [0.1, 0.15) is 0 Å². The lowest BCUT2D eigenvalue weighted by atomic mass is 10.1. The van der Waals surface area contributed by atoms with Crippen LogP contribution >= 0.6 is 11.6 Å². The lowest BCUT2D eigenvalue weighted by molar-refractivity contribution is -0.137. The summed E-state index contributed by atoms with van der Waals surface area (Å²) in [7, 11) is 3.24. The third-order valence-corrected chi connectivity index (χ3v) is 2.39. The number of halogens is 4. The van der Waals surface area contributed by atoms with Gasteiger partial charge in [-0.2, -0.15) is 13.2 Å². The number of carbonyl (C=O) groups is 1. The summed E-state index contributed by atoms with van der Waals surface area (Å²) in [5.41, 5.74) is 1.74. The molecule has 0 aliphatic rings. The number of rotatable bonds is 3. The number of nitrogens with one attached hydrogen (secondary N) is 1. The second kappa shape index (κ2) is 6.08. The maximum Gasteiger partial charge on any atom is 0.417 e. The van der Waals surface area contributed by atoms with Gasteiger partial charge in [0.2, 0.25) is 0 Å². The van der Waals surface area contributed by atoms with Crippen LogP contribution in [-0.2, 0) is 11.0 Å². The molecule has 0 heterocycles. The van der Waals surface area contributed by atoms with Crippen LogP contribution in [0.25, 0.3) is 6.08 Å². The maximum absolute atomic E-state index is 12.6. The third kappa shape index (κ3) is 4.92. The fourth-order valence-corrected chi connectivity index (χ4v) is 1.52. The fourth-order valence-electron chi connectivity index (χ4n) is 1.29. The molecule has 0 aliphatic carbocycles. The molecule has 19 heavy (non-hydrogen) atoms. The van der Waals surface area contributed by atoms with Crippen LogP contribution in [0.15, 0.2) is 24.3 Å². The molecule has 3 nitrogen and oxygen atoms in total. The number of alkyl halides is 3. The predicted molar refractivity (Wildman–Crippen MR) is 67.3 cm³/mol. The largest absolute Gasteiger partial charge is 0.417 e. The molecule has 0 fully saturated rings. The van der Waals surface area contributed by atoms with Crippen LogP contribution in [-0.4, -0.2) is 25.0 Å². The van der Waals surface area contributed by atoms with Crippen molar-refractivity contribution in [3.8, 4) is 0 Å². The monoisotopic (exact) mass is 292 g/mol. The smallest absolute Gasteiger partial charge is 0.286 e. The molecular formula is C12H12ClF3N2O. The zero-order chi connectivity index (χ0) is 14.6. The first-order valence-electron chi connectivity index (χ1n) is 5.23. The van der Waals surface area contributed by atoms with Crippen LogP contribution in [0.2, 0.25) is 5.02 Å². The standard InChI is InChI=1S/C12H12ClF3N2O/c1-18(2)17-11(19)6-4-8-3-5-10(13)9(7-8)12(14,15)16/h3-7H,1-2H3,(H,17,19)/b6-4+. The molecule has 1 N–H and O–H groups in total. The van der Waals surface area contributed by atoms with Crippen molar-refractivity contribution in [3.05, 3.63) is 40.4 Å². The molecule has 1 aromatic carbocycles. The number of hydrogen-bond donors (Lipinski definition) is 1. The van der Waals surface area contributed by atoms with Crippen molar-refractivity contribution in [2.45, 2.75) is 6.18 Å². The summed E-state index contributed by atoms with van der Waals surface area (Å²) in [5.74, 6) is -0.437. The Hall–Kier alpha value is -1.53. The highest BCUT2D eigenvalue weighted by Crippen LogP contribution is 2.35. The Bertz CT molecular complexity index is 498. The SMILES string of the molecule is CN(C)NC(=O)/C=C/c1ccc(Cl)c(C(F)(F)F)c1. The minimum absolute atomic E-state index is 0.241. The van der Waals surface area contributed by atoms with Gasteiger partial charge in [-0.1, -0.05) is 17.7 Å². The molecule has 1 amide bonds. The molecule has 0 bridgehead atoms. The molecule has 1 rings (SSSR count). The Labute approximate surface area is 113 Å². The number of hydrogen-bond acceptors (Lipinski definition) is 2. The van der Waals surface area contributed by atoms with Crippen molar-refractivity contribution in [1.29, 1.82) is 0 Å². The van der Waals surface area contributed by atoms with Crippen molar-refractivity contribution >= 4 is 23.6 Å². The van der Waals surface area contributed by atoms with Gasteiger partial charge in [-0.25, -0.2) is 5.01 Å². The van der Waals surface area contributed by atoms with E-state index in [9.17, 15) is 18.0 Å². The molecule has 0 radical (unpaired) electrons. The molecule has 0 atom stereocenters. The number of carbonyl (C=O) groups excluding carboxylic acids is 1. The molecule has 7 heteroatoms. The van der Waals surface area contributed by atoms with Gasteiger partial charge < -0.3 is 0 Å². The topological polar surface area (TPSA) is 32.3 Å². The Kier molecular flexibility index (Phi) is 4.97. The molecule has 0 spiro atoms. The van der Waals surface area contributed by atoms with E-state index < -0.39 is 17.6 Å². The first kappa shape index (κ1) is 15.5. The van der Waals surface area contributed by atoms with E-state index in [2.05, 4.69) is 5.43 Å². The van der Waals surface area contributed by atoms with Gasteiger partial charge in [0.15, 0.2) is 0 Å². The van der Waals surface area contributed by atoms with Gasteiger partial charge in [-0.15, -0.1) is 0 Å². The van der Waals surface area contributed by atoms with E-state index in [1.54, 1.807) is 14.1 Å². The molecule has 0 unspecified atom stereocenters. The van der Waals surface area contributed by atoms with Crippen LogP contribution in [0.4, 0.5) is 13.2 Å². The molecular weight excluding hydrogens is 281 g/mol. The Morgan fingerprint density at radius 3 is 2.53 bits per heavy atom. The molecule has 0 saturated heterocycles. The number of nitrogens with zero attached hydrogens (tertiary/aromatic N) is 1. The lowest BCUT2D eigenvalue weighted by Crippen LogP contribution is -2.34. The fraction of sp³-hybridized carbons (Fsp3) is 0.250. The minimum Gasteiger partial charge on any atom is -0.286 e. The Balaban J connectivity index is 2.92. The zero-order valence-corrected chi connectivity index (χ0v) is 11.0. The van der Waals surface area contributed by atoms with Crippen molar-refractivity contribution in [1.82, 2.24) is 10.4 Å². The average molecular weight is 293 g/mol. The average Bonchev–Trinajstić information content (AvgIpc) is 2.25. The first-order chi connectivity index (χ1) is 8.70. The van der Waals surface area contributed by atoms with Gasteiger partial charge >= 0.3 is 6.18 Å². The zero-order valence-electron chi connectivity index (χ0n) is 10.3. The van der Waals surface area contributed by atoms with Gasteiger partial charge in [-0.05, 0) is 23.8 Å². The second-order valence-electron chi connectivity index (χ2n) is 3.94. The summed E-state index contributed by atoms with van der Waals surface area (Å²) in [5, 5.41) is 1.05. The highest BCUT2D eigenvalue weighted by Gasteiger charge is 2.33. The van der Waals surface area contributed by atoms with E-state index >= 15 is 0 Å². The van der Waals surface area contributed by atoms with E-state index in [0.717, 1.165) is 18.2 Å². The molecule has 104 valence electrons. The predicted octanol–water partition coefficient (Wildman–Crippen LogP) is 2.96. The van der Waals surface area contributed by atoms with Gasteiger partial charge in [0.25, 0.3) is 5.91 Å². The summed E-state index contributed by atoms with van der Waals surface area (Å²) in [6, 6.07) is 3.44. The normalized spacial score (nSPS) is 12.2. The molecule has 0 saturated carbocycles. The number of amides is 1. The summed E-state index contributed by atoms with van der Waals surface area (Å²) >= 11 is 5.48. The Morgan fingerprint density at radius 2 is 2.00 bits per heavy atom. The van der Waals surface area contributed by atoms with Crippen LogP contribution in [0.5, 0.6) is 0 Å². The molecule has 0 aliphatic heterocycles. The minimum atomic E-state index is -4.52. The van der Waals surface area contributed by atoms with E-state index in [1.165, 1.54) is 17.2 Å². The summed E-state index contributed by atoms with van der Waals surface area (Å²) in [6.07, 6.45) is -2.10. The highest BCUT2D eigenvalue weighted by molar-refractivity contribution is 6.31. The lowest BCUT2D eigenvalue weighted by Gasteiger charge is -2.10. The van der Waals surface area contributed by atoms with Gasteiger partial charge in [-0.3, -0.25) is 10.2 Å². The Morgan fingerprint density at radius 1 is 1.37 bits per heavy atom. The first-order valence-corrected chi connectivity index (χ1v) is 5.60. The van der Waals surface area contributed by atoms with Crippen LogP contribution in [0.1, 0.15) is 11.1 Å². The van der Waals surface area contributed by atoms with Crippen molar-refractivity contribution in [3.63, 3.8) is 0 Å². The second-order valence-corrected chi connectivity index (χ2v) is 4.35. The summed E-state index contributed by atoms with van der Waals surface area (Å²) < 4.78 is 37.8. The maximum atomic E-state index is 12.6. The third-order valence-electron chi connectivity index (χ3n) is 2.06. The number of hydrazine groups is 1. The van der Waals surface area contributed by atoms with Crippen molar-refractivity contribution < 1.29 is 18.0 Å². The quantitative estimate of drug-likeness (QED) is 0.686. The van der Waals surface area contributed by atoms with Crippen LogP contribution < -0.4 is 5.43 Å². The van der Waals surface area contributed by atoms with Gasteiger partial charge in [0, 0.05) is 20.2 Å². The van der Waals surface area contributed by atoms with E-state index in [4.69, 9.17) is 11.6 Å². The van der Waals surface area contributed by atoms with E-state index in [0.29, 0.717) is 0 Å². The van der Waals surface area contributed by atoms with Crippen molar-refractivity contribution in [2.75, 3.05) is 14.1 Å². The van der Waals surface area contributed by atoms with Crippen LogP contribution in [0, 0.1) is 0 Å². The highest BCUT2D eigenvalue weighted by atomic mass is 35.5. The van der Waals surface area contributed by atoms with E-state index in [-0.39, 0.29) is 10.6 Å². The van der Waals surface area contributed by atoms with Crippen LogP contribution in [0.3, 0.4) is 0 Å². The molecule has 0 aromatic heterocycles. The summed E-state index contributed by atoms with van der Waals surface area (Å²) in [6.45, 7) is 0. The van der Waals surface area contributed by atoms with Gasteiger partial charge in [0.05, 0.1) is 10.6 Å². The number of benzene rings is 1.